The average Bonchev–Trinajstić information content (AvgIpc) is 3.06. The molecule has 3 rings (SSSR count). The third-order valence-electron chi connectivity index (χ3n) is 4.29. The molecule has 0 unspecified atom stereocenters. The molecule has 0 radical (unpaired) electrons. The lowest BCUT2D eigenvalue weighted by molar-refractivity contribution is 0.0588. The number of methoxy groups -OCH3 is 1. The maximum atomic E-state index is 12.9. The second-order valence-corrected chi connectivity index (χ2v) is 7.56. The van der Waals surface area contributed by atoms with Gasteiger partial charge in [-0.15, -0.1) is 0 Å². The highest BCUT2D eigenvalue weighted by atomic mass is 16.5. The maximum Gasteiger partial charge on any atom is 0.356 e. The summed E-state index contributed by atoms with van der Waals surface area (Å²) in [6.45, 7) is 5.95. The lowest BCUT2D eigenvalue weighted by atomic mass is 9.88. The van der Waals surface area contributed by atoms with Gasteiger partial charge in [0.05, 0.1) is 18.4 Å². The molecule has 2 aromatic heterocycles. The Morgan fingerprint density at radius 2 is 1.83 bits per heavy atom. The number of carbonyl (C=O) groups excluding carboxylic acids is 2. The number of hydrogen-bond donors (Lipinski definition) is 1. The minimum absolute atomic E-state index is 0.231. The van der Waals surface area contributed by atoms with Crippen molar-refractivity contribution in [2.45, 2.75) is 26.2 Å². The van der Waals surface area contributed by atoms with Crippen molar-refractivity contribution in [3.63, 3.8) is 0 Å². The fourth-order valence-electron chi connectivity index (χ4n) is 2.85. The Morgan fingerprint density at radius 3 is 2.45 bits per heavy atom. The topological polar surface area (TPSA) is 99.0 Å². The number of aromatic nitrogens is 4. The van der Waals surface area contributed by atoms with E-state index in [-0.39, 0.29) is 16.9 Å². The molecule has 3 aromatic rings. The van der Waals surface area contributed by atoms with Crippen LogP contribution in [0.4, 0.5) is 5.82 Å². The number of aryl methyl sites for hydroxylation is 1. The summed E-state index contributed by atoms with van der Waals surface area (Å²) in [5.41, 5.74) is 1.68. The Kier molecular flexibility index (Phi) is 5.45. The summed E-state index contributed by atoms with van der Waals surface area (Å²) < 4.78 is 6.05. The van der Waals surface area contributed by atoms with Crippen molar-refractivity contribution in [2.75, 3.05) is 12.4 Å². The molecule has 0 bridgehead atoms. The number of nitrogens with one attached hydrogen (secondary N) is 1. The summed E-state index contributed by atoms with van der Waals surface area (Å²) in [5.74, 6) is -0.140. The van der Waals surface area contributed by atoms with Gasteiger partial charge in [-0.3, -0.25) is 9.48 Å². The molecule has 0 saturated carbocycles. The van der Waals surface area contributed by atoms with E-state index in [9.17, 15) is 9.59 Å². The van der Waals surface area contributed by atoms with Crippen LogP contribution in [0.1, 0.15) is 47.3 Å². The van der Waals surface area contributed by atoms with Gasteiger partial charge in [-0.2, -0.15) is 5.10 Å². The van der Waals surface area contributed by atoms with E-state index < -0.39 is 11.9 Å². The molecule has 0 atom stereocenters. The molecule has 1 N–H and O–H groups in total. The highest BCUT2D eigenvalue weighted by Crippen LogP contribution is 2.27. The van der Waals surface area contributed by atoms with Gasteiger partial charge in [-0.1, -0.05) is 51.1 Å². The molecule has 8 nitrogen and oxygen atoms in total. The van der Waals surface area contributed by atoms with E-state index in [2.05, 4.69) is 20.4 Å². The number of benzene rings is 1. The summed E-state index contributed by atoms with van der Waals surface area (Å²) in [7, 11) is 2.88. The Hall–Kier alpha value is -3.55. The average molecular weight is 393 g/mol. The predicted molar refractivity (Wildman–Crippen MR) is 109 cm³/mol. The fourth-order valence-corrected chi connectivity index (χ4v) is 2.85. The van der Waals surface area contributed by atoms with Gasteiger partial charge >= 0.3 is 5.97 Å². The van der Waals surface area contributed by atoms with Crippen LogP contribution in [0.5, 0.6) is 0 Å². The van der Waals surface area contributed by atoms with E-state index in [0.717, 1.165) is 5.56 Å². The van der Waals surface area contributed by atoms with Crippen LogP contribution in [-0.2, 0) is 17.2 Å². The smallest absolute Gasteiger partial charge is 0.356 e. The zero-order valence-electron chi connectivity index (χ0n) is 17.1. The van der Waals surface area contributed by atoms with Gasteiger partial charge in [-0.05, 0) is 0 Å². The van der Waals surface area contributed by atoms with Crippen LogP contribution in [0, 0.1) is 0 Å². The van der Waals surface area contributed by atoms with Crippen LogP contribution in [0.2, 0.25) is 0 Å². The van der Waals surface area contributed by atoms with Gasteiger partial charge in [0.25, 0.3) is 5.91 Å². The number of ether oxygens (including phenoxy) is 1. The Labute approximate surface area is 168 Å². The quantitative estimate of drug-likeness (QED) is 0.684. The maximum absolute atomic E-state index is 12.9. The molecule has 0 aliphatic carbocycles. The van der Waals surface area contributed by atoms with Crippen LogP contribution in [0.3, 0.4) is 0 Å². The SMILES string of the molecule is COC(=O)c1cc(NC(=O)c2cnc(-c3ccccc3)nc2C(C)(C)C)nn1C. The number of esters is 1. The van der Waals surface area contributed by atoms with Gasteiger partial charge in [-0.25, -0.2) is 14.8 Å². The second-order valence-electron chi connectivity index (χ2n) is 7.56. The third kappa shape index (κ3) is 4.31. The van der Waals surface area contributed by atoms with E-state index in [4.69, 9.17) is 4.74 Å². The zero-order valence-corrected chi connectivity index (χ0v) is 17.1. The van der Waals surface area contributed by atoms with E-state index in [1.807, 2.05) is 51.1 Å². The fraction of sp³-hybridized carbons (Fsp3) is 0.286. The minimum Gasteiger partial charge on any atom is -0.464 e. The molecule has 0 spiro atoms. The van der Waals surface area contributed by atoms with E-state index >= 15 is 0 Å². The van der Waals surface area contributed by atoms with Crippen LogP contribution in [-0.4, -0.2) is 38.7 Å². The summed E-state index contributed by atoms with van der Waals surface area (Å²) in [6, 6.07) is 11.0. The molecule has 2 heterocycles. The Bertz CT molecular complexity index is 1050. The van der Waals surface area contributed by atoms with Gasteiger partial charge in [0.15, 0.2) is 11.6 Å². The standard InChI is InChI=1S/C21H23N5O3/c1-21(2,3)17-14(12-22-18(24-17)13-9-7-6-8-10-13)19(27)23-16-11-15(20(28)29-5)26(4)25-16/h6-12H,1-5H3,(H,23,25,27). The van der Waals surface area contributed by atoms with Crippen LogP contribution in [0.15, 0.2) is 42.6 Å². The van der Waals surface area contributed by atoms with E-state index in [0.29, 0.717) is 17.1 Å². The van der Waals surface area contributed by atoms with E-state index in [1.54, 1.807) is 7.05 Å². The summed E-state index contributed by atoms with van der Waals surface area (Å²) in [5, 5.41) is 6.86. The van der Waals surface area contributed by atoms with Crippen molar-refractivity contribution in [2.24, 2.45) is 7.05 Å². The molecule has 150 valence electrons. The Morgan fingerprint density at radius 1 is 1.14 bits per heavy atom. The van der Waals surface area contributed by atoms with Crippen LogP contribution < -0.4 is 5.32 Å². The Balaban J connectivity index is 1.95. The van der Waals surface area contributed by atoms with Crippen LogP contribution >= 0.6 is 0 Å². The predicted octanol–water partition coefficient (Wildman–Crippen LogP) is 3.21. The lowest BCUT2D eigenvalue weighted by Gasteiger charge is -2.21. The number of carbonyl (C=O) groups is 2. The summed E-state index contributed by atoms with van der Waals surface area (Å²) in [6.07, 6.45) is 1.52. The monoisotopic (exact) mass is 393 g/mol. The number of amides is 1. The lowest BCUT2D eigenvalue weighted by Crippen LogP contribution is -2.23. The molecule has 29 heavy (non-hydrogen) atoms. The van der Waals surface area contributed by atoms with Crippen molar-refractivity contribution in [1.29, 1.82) is 0 Å². The van der Waals surface area contributed by atoms with Gasteiger partial charge in [0, 0.05) is 30.3 Å². The number of anilines is 1. The third-order valence-corrected chi connectivity index (χ3v) is 4.29. The first kappa shape index (κ1) is 20.2. The number of hydrogen-bond acceptors (Lipinski definition) is 6. The molecule has 0 aliphatic rings. The molecular weight excluding hydrogens is 370 g/mol. The molecule has 8 heteroatoms. The van der Waals surface area contributed by atoms with Crippen molar-refractivity contribution in [3.05, 3.63) is 59.5 Å². The molecule has 0 saturated heterocycles. The zero-order chi connectivity index (χ0) is 21.2. The highest BCUT2D eigenvalue weighted by molar-refractivity contribution is 6.05. The number of nitrogens with zero attached hydrogens (tertiary/aromatic N) is 4. The molecule has 1 aromatic carbocycles. The number of rotatable bonds is 4. The van der Waals surface area contributed by atoms with Crippen LogP contribution in [0.25, 0.3) is 11.4 Å². The van der Waals surface area contributed by atoms with Gasteiger partial charge in [0.2, 0.25) is 0 Å². The summed E-state index contributed by atoms with van der Waals surface area (Å²) >= 11 is 0. The van der Waals surface area contributed by atoms with Crippen molar-refractivity contribution < 1.29 is 14.3 Å². The first-order valence-electron chi connectivity index (χ1n) is 9.07. The molecular formula is C21H23N5O3. The van der Waals surface area contributed by atoms with Gasteiger partial charge < -0.3 is 10.1 Å². The minimum atomic E-state index is -0.536. The highest BCUT2D eigenvalue weighted by Gasteiger charge is 2.26. The van der Waals surface area contributed by atoms with Crippen molar-refractivity contribution >= 4 is 17.7 Å². The van der Waals surface area contributed by atoms with E-state index in [1.165, 1.54) is 24.1 Å². The van der Waals surface area contributed by atoms with Crippen molar-refractivity contribution in [1.82, 2.24) is 19.7 Å². The molecule has 1 amide bonds. The molecule has 0 fully saturated rings. The van der Waals surface area contributed by atoms with Gasteiger partial charge in [0.1, 0.15) is 5.69 Å². The first-order valence-corrected chi connectivity index (χ1v) is 9.07. The normalized spacial score (nSPS) is 11.2. The first-order chi connectivity index (χ1) is 13.7. The van der Waals surface area contributed by atoms with Crippen molar-refractivity contribution in [3.8, 4) is 11.4 Å². The molecule has 0 aliphatic heterocycles. The second kappa shape index (κ2) is 7.83. The summed E-state index contributed by atoms with van der Waals surface area (Å²) in [4.78, 5) is 33.7. The largest absolute Gasteiger partial charge is 0.464 e.